The molecule has 4 atom stereocenters. The van der Waals surface area contributed by atoms with E-state index in [1.54, 1.807) is 0 Å². The number of hydrogen-bond donors (Lipinski definition) is 1. The Hall–Kier alpha value is -0.0800. The maximum atomic E-state index is 6.21. The number of rotatable bonds is 5. The van der Waals surface area contributed by atoms with Gasteiger partial charge in [0.2, 0.25) is 0 Å². The minimum atomic E-state index is 0.441. The van der Waals surface area contributed by atoms with Crippen LogP contribution in [0.5, 0.6) is 0 Å². The molecule has 0 spiro atoms. The summed E-state index contributed by atoms with van der Waals surface area (Å²) in [6, 6.07) is 0.441. The lowest BCUT2D eigenvalue weighted by molar-refractivity contribution is 0.279. The van der Waals surface area contributed by atoms with Crippen molar-refractivity contribution < 1.29 is 0 Å². The third-order valence-corrected chi connectivity index (χ3v) is 4.44. The van der Waals surface area contributed by atoms with Gasteiger partial charge in [-0.3, -0.25) is 0 Å². The summed E-state index contributed by atoms with van der Waals surface area (Å²) in [6.45, 7) is 1.14. The van der Waals surface area contributed by atoms with Crippen molar-refractivity contribution in [2.24, 2.45) is 23.5 Å². The second kappa shape index (κ2) is 4.84. The first-order valence-electron chi connectivity index (χ1n) is 6.55. The molecule has 2 fully saturated rings. The zero-order chi connectivity index (χ0) is 10.8. The fourth-order valence-electron chi connectivity index (χ4n) is 3.60. The third kappa shape index (κ3) is 2.94. The predicted molar refractivity (Wildman–Crippen MR) is 64.7 cm³/mol. The smallest absolute Gasteiger partial charge is 0.00537 e. The fraction of sp³-hybridized carbons (Fsp3) is 1.00. The molecule has 2 nitrogen and oxygen atoms in total. The largest absolute Gasteiger partial charge is 0.328 e. The summed E-state index contributed by atoms with van der Waals surface area (Å²) in [5.74, 6) is 3.09. The molecule has 2 saturated carbocycles. The van der Waals surface area contributed by atoms with E-state index in [-0.39, 0.29) is 0 Å². The van der Waals surface area contributed by atoms with Crippen LogP contribution in [-0.4, -0.2) is 31.6 Å². The molecule has 0 aromatic rings. The standard InChI is InChI=1S/C13H26N2/c1-15(2)6-5-13(14)9-12-8-10-3-4-11(12)7-10/h10-13H,3-9,14H2,1-2H3. The molecule has 2 N–H and O–H groups in total. The van der Waals surface area contributed by atoms with Crippen LogP contribution in [0.15, 0.2) is 0 Å². The summed E-state index contributed by atoms with van der Waals surface area (Å²) < 4.78 is 0. The number of fused-ring (bicyclic) bond motifs is 2. The van der Waals surface area contributed by atoms with Gasteiger partial charge in [0, 0.05) is 6.04 Å². The first kappa shape index (κ1) is 11.4. The lowest BCUT2D eigenvalue weighted by Crippen LogP contribution is -2.29. The van der Waals surface area contributed by atoms with Gasteiger partial charge in [-0.15, -0.1) is 0 Å². The molecule has 0 aliphatic heterocycles. The Morgan fingerprint density at radius 1 is 1.27 bits per heavy atom. The molecule has 0 radical (unpaired) electrons. The summed E-state index contributed by atoms with van der Waals surface area (Å²) in [6.07, 6.45) is 8.46. The van der Waals surface area contributed by atoms with Gasteiger partial charge in [-0.25, -0.2) is 0 Å². The van der Waals surface area contributed by atoms with Crippen molar-refractivity contribution in [2.45, 2.75) is 44.6 Å². The van der Waals surface area contributed by atoms with E-state index >= 15 is 0 Å². The van der Waals surface area contributed by atoms with E-state index in [0.717, 1.165) is 24.3 Å². The molecule has 88 valence electrons. The highest BCUT2D eigenvalue weighted by Gasteiger charge is 2.39. The summed E-state index contributed by atoms with van der Waals surface area (Å²) in [4.78, 5) is 2.24. The number of hydrogen-bond acceptors (Lipinski definition) is 2. The van der Waals surface area contributed by atoms with Gasteiger partial charge in [0.1, 0.15) is 0 Å². The van der Waals surface area contributed by atoms with Crippen molar-refractivity contribution >= 4 is 0 Å². The van der Waals surface area contributed by atoms with Gasteiger partial charge in [0.25, 0.3) is 0 Å². The van der Waals surface area contributed by atoms with E-state index in [0.29, 0.717) is 6.04 Å². The first-order valence-corrected chi connectivity index (χ1v) is 6.55. The highest BCUT2D eigenvalue weighted by molar-refractivity contribution is 4.91. The van der Waals surface area contributed by atoms with Crippen molar-refractivity contribution in [3.05, 3.63) is 0 Å². The van der Waals surface area contributed by atoms with Crippen LogP contribution in [0.1, 0.15) is 38.5 Å². The summed E-state index contributed by atoms with van der Waals surface area (Å²) >= 11 is 0. The normalized spacial score (nSPS) is 36.4. The Labute approximate surface area is 94.2 Å². The molecule has 2 bridgehead atoms. The van der Waals surface area contributed by atoms with Crippen LogP contribution >= 0.6 is 0 Å². The highest BCUT2D eigenvalue weighted by Crippen LogP contribution is 2.49. The topological polar surface area (TPSA) is 29.3 Å². The van der Waals surface area contributed by atoms with Gasteiger partial charge in [0.05, 0.1) is 0 Å². The van der Waals surface area contributed by atoms with Crippen LogP contribution in [0, 0.1) is 17.8 Å². The molecular formula is C13H26N2. The quantitative estimate of drug-likeness (QED) is 0.753. The van der Waals surface area contributed by atoms with Crippen LogP contribution in [-0.2, 0) is 0 Å². The van der Waals surface area contributed by atoms with Gasteiger partial charge in [0.15, 0.2) is 0 Å². The molecule has 2 aliphatic rings. The van der Waals surface area contributed by atoms with Crippen molar-refractivity contribution in [3.8, 4) is 0 Å². The highest BCUT2D eigenvalue weighted by atomic mass is 15.0. The van der Waals surface area contributed by atoms with Crippen molar-refractivity contribution in [3.63, 3.8) is 0 Å². The molecular weight excluding hydrogens is 184 g/mol. The molecule has 4 unspecified atom stereocenters. The lowest BCUT2D eigenvalue weighted by atomic mass is 9.84. The molecule has 2 aliphatic carbocycles. The summed E-state index contributed by atoms with van der Waals surface area (Å²) in [5, 5.41) is 0. The monoisotopic (exact) mass is 210 g/mol. The van der Waals surface area contributed by atoms with E-state index in [9.17, 15) is 0 Å². The SMILES string of the molecule is CN(C)CCC(N)CC1CC2CCC1C2. The Morgan fingerprint density at radius 2 is 2.07 bits per heavy atom. The van der Waals surface area contributed by atoms with Crippen LogP contribution in [0.25, 0.3) is 0 Å². The van der Waals surface area contributed by atoms with Crippen molar-refractivity contribution in [1.82, 2.24) is 4.90 Å². The van der Waals surface area contributed by atoms with Gasteiger partial charge < -0.3 is 10.6 Å². The Balaban J connectivity index is 1.68. The third-order valence-electron chi connectivity index (χ3n) is 4.44. The maximum absolute atomic E-state index is 6.21. The molecule has 0 aromatic carbocycles. The molecule has 0 saturated heterocycles. The lowest BCUT2D eigenvalue weighted by Gasteiger charge is -2.25. The average molecular weight is 210 g/mol. The first-order chi connectivity index (χ1) is 7.15. The molecule has 0 heterocycles. The van der Waals surface area contributed by atoms with E-state index in [4.69, 9.17) is 5.73 Å². The molecule has 15 heavy (non-hydrogen) atoms. The van der Waals surface area contributed by atoms with Crippen LogP contribution < -0.4 is 5.73 Å². The predicted octanol–water partition coefficient (Wildman–Crippen LogP) is 2.09. The average Bonchev–Trinajstić information content (AvgIpc) is 2.76. The van der Waals surface area contributed by atoms with Gasteiger partial charge in [-0.1, -0.05) is 6.42 Å². The van der Waals surface area contributed by atoms with Gasteiger partial charge in [-0.2, -0.15) is 0 Å². The molecule has 2 heteroatoms. The van der Waals surface area contributed by atoms with Gasteiger partial charge in [-0.05, 0) is 70.5 Å². The fourth-order valence-corrected chi connectivity index (χ4v) is 3.60. The van der Waals surface area contributed by atoms with E-state index in [2.05, 4.69) is 19.0 Å². The minimum Gasteiger partial charge on any atom is -0.328 e. The zero-order valence-electron chi connectivity index (χ0n) is 10.3. The van der Waals surface area contributed by atoms with Crippen molar-refractivity contribution in [2.75, 3.05) is 20.6 Å². The van der Waals surface area contributed by atoms with E-state index in [1.165, 1.54) is 38.5 Å². The van der Waals surface area contributed by atoms with Crippen LogP contribution in [0.2, 0.25) is 0 Å². The second-order valence-electron chi connectivity index (χ2n) is 6.02. The number of nitrogens with zero attached hydrogens (tertiary/aromatic N) is 1. The minimum absolute atomic E-state index is 0.441. The second-order valence-corrected chi connectivity index (χ2v) is 6.02. The van der Waals surface area contributed by atoms with Gasteiger partial charge >= 0.3 is 0 Å². The summed E-state index contributed by atoms with van der Waals surface area (Å²) in [7, 11) is 4.26. The summed E-state index contributed by atoms with van der Waals surface area (Å²) in [5.41, 5.74) is 6.21. The maximum Gasteiger partial charge on any atom is 0.00537 e. The Bertz CT molecular complexity index is 203. The van der Waals surface area contributed by atoms with Crippen molar-refractivity contribution in [1.29, 1.82) is 0 Å². The number of nitrogens with two attached hydrogens (primary N) is 1. The van der Waals surface area contributed by atoms with Crippen LogP contribution in [0.4, 0.5) is 0 Å². The molecule has 0 amide bonds. The van der Waals surface area contributed by atoms with E-state index in [1.807, 2.05) is 0 Å². The Morgan fingerprint density at radius 3 is 2.60 bits per heavy atom. The van der Waals surface area contributed by atoms with Crippen LogP contribution in [0.3, 0.4) is 0 Å². The molecule has 0 aromatic heterocycles. The zero-order valence-corrected chi connectivity index (χ0v) is 10.3. The Kier molecular flexibility index (Phi) is 3.68. The molecule has 2 rings (SSSR count). The van der Waals surface area contributed by atoms with E-state index < -0.39 is 0 Å².